The zero-order valence-corrected chi connectivity index (χ0v) is 19.0. The van der Waals surface area contributed by atoms with Crippen LogP contribution >= 0.6 is 0 Å². The van der Waals surface area contributed by atoms with Gasteiger partial charge in [0.05, 0.1) is 26.5 Å². The lowest BCUT2D eigenvalue weighted by Crippen LogP contribution is -2.44. The molecule has 2 N–H and O–H groups in total. The molecule has 2 aromatic heterocycles. The van der Waals surface area contributed by atoms with Crippen LogP contribution in [0, 0.1) is 11.3 Å². The molecule has 174 valence electrons. The van der Waals surface area contributed by atoms with Crippen LogP contribution in [0.3, 0.4) is 0 Å². The van der Waals surface area contributed by atoms with Gasteiger partial charge in [-0.25, -0.2) is 4.98 Å². The minimum atomic E-state index is -0.400. The number of allylic oxidation sites excluding steroid dienone is 1. The molecule has 0 radical (unpaired) electrons. The Balaban J connectivity index is 1.83. The largest absolute Gasteiger partial charge is 0.497 e. The van der Waals surface area contributed by atoms with Crippen LogP contribution in [0.1, 0.15) is 28.8 Å². The summed E-state index contributed by atoms with van der Waals surface area (Å²) in [4.78, 5) is 32.9. The molecule has 3 heterocycles. The van der Waals surface area contributed by atoms with Gasteiger partial charge in [-0.2, -0.15) is 5.26 Å². The van der Waals surface area contributed by atoms with Gasteiger partial charge in [-0.15, -0.1) is 5.73 Å². The summed E-state index contributed by atoms with van der Waals surface area (Å²) in [7, 11) is 1.53. The van der Waals surface area contributed by atoms with Gasteiger partial charge in [0.1, 0.15) is 34.2 Å². The second-order valence-electron chi connectivity index (χ2n) is 8.21. The number of piperidine rings is 1. The van der Waals surface area contributed by atoms with E-state index < -0.39 is 5.56 Å². The number of ether oxygens (including phenoxy) is 1. The predicted molar refractivity (Wildman–Crippen MR) is 129 cm³/mol. The molecule has 9 nitrogen and oxygen atoms in total. The molecule has 1 saturated heterocycles. The van der Waals surface area contributed by atoms with E-state index in [4.69, 9.17) is 10.5 Å². The summed E-state index contributed by atoms with van der Waals surface area (Å²) in [5.74, 6) is 0.912. The summed E-state index contributed by atoms with van der Waals surface area (Å²) in [5.41, 5.74) is 9.84. The summed E-state index contributed by atoms with van der Waals surface area (Å²) in [6.45, 7) is 5.01. The van der Waals surface area contributed by atoms with Crippen LogP contribution in [-0.2, 0) is 13.1 Å². The van der Waals surface area contributed by atoms with E-state index in [0.29, 0.717) is 34.8 Å². The molecule has 4 rings (SSSR count). The molecule has 1 aliphatic heterocycles. The van der Waals surface area contributed by atoms with Gasteiger partial charge in [0.15, 0.2) is 5.78 Å². The number of Topliss-reactive ketones (excluding diaryl/α,β-unsaturated/α-hetero) is 1. The minimum absolute atomic E-state index is 0.0215. The number of anilines is 1. The SMILES string of the molecule is C=C=CCn1c(N2CCC[C@H](N)C2)c(C#N)c2ncn(CC(=O)c3cccc(OC)c3)c(=O)c21. The predicted octanol–water partition coefficient (Wildman–Crippen LogP) is 2.23. The fourth-order valence-electron chi connectivity index (χ4n) is 4.37. The number of carbonyl (C=O) groups excluding carboxylic acids is 1. The van der Waals surface area contributed by atoms with Crippen LogP contribution in [0.15, 0.2) is 53.8 Å². The summed E-state index contributed by atoms with van der Waals surface area (Å²) < 4.78 is 8.21. The lowest BCUT2D eigenvalue weighted by atomic mass is 10.1. The summed E-state index contributed by atoms with van der Waals surface area (Å²) in [6.07, 6.45) is 4.80. The van der Waals surface area contributed by atoms with Crippen LogP contribution in [0.2, 0.25) is 0 Å². The number of methoxy groups -OCH3 is 1. The molecule has 0 bridgehead atoms. The number of fused-ring (bicyclic) bond motifs is 1. The third kappa shape index (κ3) is 4.25. The van der Waals surface area contributed by atoms with E-state index in [1.165, 1.54) is 18.0 Å². The lowest BCUT2D eigenvalue weighted by Gasteiger charge is -2.33. The normalized spacial score (nSPS) is 15.6. The van der Waals surface area contributed by atoms with Gasteiger partial charge in [0.2, 0.25) is 0 Å². The van der Waals surface area contributed by atoms with Crippen molar-refractivity contribution in [2.45, 2.75) is 32.0 Å². The van der Waals surface area contributed by atoms with Crippen molar-refractivity contribution in [3.63, 3.8) is 0 Å². The molecule has 0 saturated carbocycles. The Morgan fingerprint density at radius 2 is 2.26 bits per heavy atom. The number of nitrogens with two attached hydrogens (primary N) is 1. The van der Waals surface area contributed by atoms with Crippen LogP contribution in [-0.4, -0.2) is 46.1 Å². The third-order valence-electron chi connectivity index (χ3n) is 5.99. The van der Waals surface area contributed by atoms with Crippen molar-refractivity contribution in [2.75, 3.05) is 25.1 Å². The minimum Gasteiger partial charge on any atom is -0.497 e. The highest BCUT2D eigenvalue weighted by Gasteiger charge is 2.28. The first-order valence-electron chi connectivity index (χ1n) is 11.0. The molecule has 9 heteroatoms. The van der Waals surface area contributed by atoms with Gasteiger partial charge >= 0.3 is 0 Å². The van der Waals surface area contributed by atoms with Gasteiger partial charge < -0.3 is 19.9 Å². The molecule has 1 fully saturated rings. The van der Waals surface area contributed by atoms with Gasteiger partial charge in [-0.3, -0.25) is 14.2 Å². The van der Waals surface area contributed by atoms with E-state index in [1.54, 1.807) is 34.9 Å². The number of carbonyl (C=O) groups is 1. The van der Waals surface area contributed by atoms with Crippen molar-refractivity contribution in [2.24, 2.45) is 5.73 Å². The van der Waals surface area contributed by atoms with Crippen LogP contribution in [0.5, 0.6) is 5.75 Å². The van der Waals surface area contributed by atoms with Gasteiger partial charge in [0, 0.05) is 24.7 Å². The van der Waals surface area contributed by atoms with E-state index in [2.05, 4.69) is 23.4 Å². The number of hydrogen-bond donors (Lipinski definition) is 1. The Morgan fingerprint density at radius 1 is 1.44 bits per heavy atom. The quantitative estimate of drug-likeness (QED) is 0.426. The zero-order valence-electron chi connectivity index (χ0n) is 19.0. The first-order chi connectivity index (χ1) is 16.5. The van der Waals surface area contributed by atoms with Crippen LogP contribution in [0.4, 0.5) is 5.82 Å². The second-order valence-corrected chi connectivity index (χ2v) is 8.21. The Kier molecular flexibility index (Phi) is 6.64. The van der Waals surface area contributed by atoms with Crippen molar-refractivity contribution >= 4 is 22.6 Å². The lowest BCUT2D eigenvalue weighted by molar-refractivity contribution is 0.0970. The highest BCUT2D eigenvalue weighted by molar-refractivity contribution is 5.96. The molecule has 34 heavy (non-hydrogen) atoms. The van der Waals surface area contributed by atoms with Crippen LogP contribution in [0.25, 0.3) is 11.0 Å². The maximum atomic E-state index is 13.6. The van der Waals surface area contributed by atoms with Gasteiger partial charge in [0.25, 0.3) is 5.56 Å². The van der Waals surface area contributed by atoms with E-state index in [1.807, 2.05) is 4.90 Å². The standard InChI is InChI=1S/C25H26N6O3/c1-3-4-11-31-23-22(20(13-26)24(31)29-10-6-8-18(27)14-29)28-16-30(25(23)33)15-21(32)17-7-5-9-19(12-17)34-2/h4-5,7,9,12,16,18H,1,6,8,10-11,14-15,27H2,2H3/t18-/m0/s1. The number of nitrogens with zero attached hydrogens (tertiary/aromatic N) is 5. The number of benzene rings is 1. The first-order valence-corrected chi connectivity index (χ1v) is 11.0. The van der Waals surface area contributed by atoms with E-state index >= 15 is 0 Å². The van der Waals surface area contributed by atoms with Crippen molar-refractivity contribution < 1.29 is 9.53 Å². The van der Waals surface area contributed by atoms with Crippen molar-refractivity contribution in [1.82, 2.24) is 14.1 Å². The van der Waals surface area contributed by atoms with Crippen LogP contribution < -0.4 is 20.9 Å². The molecular formula is C25H26N6O3. The maximum absolute atomic E-state index is 13.6. The Bertz CT molecular complexity index is 1390. The summed E-state index contributed by atoms with van der Waals surface area (Å²) in [6, 6.07) is 8.97. The molecule has 0 spiro atoms. The average molecular weight is 459 g/mol. The van der Waals surface area contributed by atoms with Gasteiger partial charge in [-0.05, 0) is 31.1 Å². The van der Waals surface area contributed by atoms with Gasteiger partial charge in [-0.1, -0.05) is 18.7 Å². The monoisotopic (exact) mass is 458 g/mol. The fourth-order valence-corrected chi connectivity index (χ4v) is 4.37. The molecule has 1 atom stereocenters. The Labute approximate surface area is 197 Å². The van der Waals surface area contributed by atoms with Crippen molar-refractivity contribution in [1.29, 1.82) is 5.26 Å². The average Bonchev–Trinajstić information content (AvgIpc) is 3.18. The molecule has 0 unspecified atom stereocenters. The number of hydrogen-bond acceptors (Lipinski definition) is 7. The summed E-state index contributed by atoms with van der Waals surface area (Å²) >= 11 is 0. The molecule has 0 aliphatic carbocycles. The number of aromatic nitrogens is 3. The molecular weight excluding hydrogens is 432 g/mol. The highest BCUT2D eigenvalue weighted by atomic mass is 16.5. The number of nitriles is 1. The van der Waals surface area contributed by atoms with E-state index in [0.717, 1.165) is 19.4 Å². The third-order valence-corrected chi connectivity index (χ3v) is 5.99. The summed E-state index contributed by atoms with van der Waals surface area (Å²) in [5, 5.41) is 9.98. The van der Waals surface area contributed by atoms with E-state index in [-0.39, 0.29) is 30.4 Å². The first kappa shape index (κ1) is 23.1. The highest BCUT2D eigenvalue weighted by Crippen LogP contribution is 2.31. The maximum Gasteiger partial charge on any atom is 0.278 e. The molecule has 3 aromatic rings. The molecule has 0 amide bonds. The Hall–Kier alpha value is -4.12. The molecule has 1 aromatic carbocycles. The fraction of sp³-hybridized carbons (Fsp3) is 0.320. The van der Waals surface area contributed by atoms with E-state index in [9.17, 15) is 14.9 Å². The number of rotatable bonds is 7. The van der Waals surface area contributed by atoms with Crippen molar-refractivity contribution in [3.05, 3.63) is 70.5 Å². The molecule has 1 aliphatic rings. The smallest absolute Gasteiger partial charge is 0.278 e. The van der Waals surface area contributed by atoms with Crippen molar-refractivity contribution in [3.8, 4) is 11.8 Å². The Morgan fingerprint density at radius 3 is 2.97 bits per heavy atom. The number of ketones is 1. The zero-order chi connectivity index (χ0) is 24.2. The topological polar surface area (TPSA) is 119 Å². The second kappa shape index (κ2) is 9.79.